The lowest BCUT2D eigenvalue weighted by atomic mass is 10.0. The number of aliphatic hydroxyl groups is 1. The average Bonchev–Trinajstić information content (AvgIpc) is 2.22. The third-order valence-electron chi connectivity index (χ3n) is 2.73. The predicted molar refractivity (Wildman–Crippen MR) is 35.8 cm³/mol. The van der Waals surface area contributed by atoms with Crippen molar-refractivity contribution in [1.82, 2.24) is 0 Å². The summed E-state index contributed by atoms with van der Waals surface area (Å²) in [4.78, 5) is 0. The zero-order valence-corrected chi connectivity index (χ0v) is 5.59. The first-order valence-electron chi connectivity index (χ1n) is 3.87. The number of rotatable bonds is 0. The summed E-state index contributed by atoms with van der Waals surface area (Å²) in [6.45, 7) is 0. The first-order valence-corrected chi connectivity index (χ1v) is 3.87. The van der Waals surface area contributed by atoms with Crippen molar-refractivity contribution in [2.45, 2.75) is 31.8 Å². The van der Waals surface area contributed by atoms with Gasteiger partial charge in [-0.15, -0.1) is 0 Å². The van der Waals surface area contributed by atoms with Crippen molar-refractivity contribution >= 4 is 0 Å². The Labute approximate surface area is 56.1 Å². The number of fused-ring (bicyclic) bond motifs is 1. The van der Waals surface area contributed by atoms with Crippen LogP contribution >= 0.6 is 0 Å². The van der Waals surface area contributed by atoms with E-state index in [-0.39, 0.29) is 6.10 Å². The van der Waals surface area contributed by atoms with Crippen LogP contribution < -0.4 is 0 Å². The van der Waals surface area contributed by atoms with Crippen molar-refractivity contribution in [2.75, 3.05) is 0 Å². The van der Waals surface area contributed by atoms with Crippen molar-refractivity contribution in [3.8, 4) is 0 Å². The Hall–Kier alpha value is -0.0400. The molecule has 0 saturated heterocycles. The normalized spacial score (nSPS) is 49.7. The highest BCUT2D eigenvalue weighted by Crippen LogP contribution is 2.42. The number of hydrogen-bond acceptors (Lipinski definition) is 1. The molecule has 1 heteroatoms. The Kier molecular flexibility index (Phi) is 1.26. The maximum absolute atomic E-state index is 9.22. The van der Waals surface area contributed by atoms with Gasteiger partial charge in [0, 0.05) is 0 Å². The fraction of sp³-hybridized carbons (Fsp3) is 0.875. The molecule has 0 spiro atoms. The summed E-state index contributed by atoms with van der Waals surface area (Å²) in [7, 11) is 0. The molecule has 0 amide bonds. The molecule has 0 heterocycles. The van der Waals surface area contributed by atoms with E-state index in [1.807, 2.05) is 0 Å². The van der Waals surface area contributed by atoms with E-state index >= 15 is 0 Å². The van der Waals surface area contributed by atoms with Gasteiger partial charge in [0.1, 0.15) is 0 Å². The molecule has 0 aliphatic heterocycles. The summed E-state index contributed by atoms with van der Waals surface area (Å²) in [6.07, 6.45) is 7.16. The quantitative estimate of drug-likeness (QED) is 0.518. The molecule has 51 valence electrons. The van der Waals surface area contributed by atoms with Crippen LogP contribution in [0.3, 0.4) is 0 Å². The topological polar surface area (TPSA) is 20.2 Å². The molecular weight excluding hydrogens is 112 g/mol. The molecule has 2 fully saturated rings. The highest BCUT2D eigenvalue weighted by atomic mass is 16.3. The zero-order valence-electron chi connectivity index (χ0n) is 5.59. The number of hydrogen-bond donors (Lipinski definition) is 1. The fourth-order valence-electron chi connectivity index (χ4n) is 2.27. The van der Waals surface area contributed by atoms with Crippen LogP contribution in [0, 0.1) is 18.3 Å². The van der Waals surface area contributed by atoms with Gasteiger partial charge < -0.3 is 5.11 Å². The van der Waals surface area contributed by atoms with Crippen LogP contribution in [0.5, 0.6) is 0 Å². The maximum atomic E-state index is 9.22. The van der Waals surface area contributed by atoms with Crippen molar-refractivity contribution in [3.63, 3.8) is 0 Å². The Morgan fingerprint density at radius 2 is 2.22 bits per heavy atom. The van der Waals surface area contributed by atoms with Crippen LogP contribution in [0.1, 0.15) is 25.7 Å². The lowest BCUT2D eigenvalue weighted by Crippen LogP contribution is -1.99. The Morgan fingerprint density at radius 3 is 3.00 bits per heavy atom. The van der Waals surface area contributed by atoms with Crippen LogP contribution in [0.4, 0.5) is 0 Å². The van der Waals surface area contributed by atoms with Crippen LogP contribution in [0.15, 0.2) is 0 Å². The standard InChI is InChI=1S/C8H13O/c9-8-4-6-2-1-3-7(6)5-8/h2,6-9H,1,3-5H2. The molecule has 0 bridgehead atoms. The molecule has 0 aromatic heterocycles. The molecular formula is C8H13O. The van der Waals surface area contributed by atoms with E-state index in [0.29, 0.717) is 0 Å². The minimum atomic E-state index is 0.0246. The molecule has 1 nitrogen and oxygen atoms in total. The van der Waals surface area contributed by atoms with E-state index in [1.165, 1.54) is 12.8 Å². The van der Waals surface area contributed by atoms with Crippen LogP contribution in [-0.2, 0) is 0 Å². The molecule has 0 aromatic rings. The molecule has 3 atom stereocenters. The van der Waals surface area contributed by atoms with Gasteiger partial charge in [-0.25, -0.2) is 0 Å². The van der Waals surface area contributed by atoms with Gasteiger partial charge in [0.25, 0.3) is 0 Å². The Balaban J connectivity index is 2.02. The Morgan fingerprint density at radius 1 is 1.33 bits per heavy atom. The lowest BCUT2D eigenvalue weighted by molar-refractivity contribution is 0.174. The van der Waals surface area contributed by atoms with Crippen LogP contribution in [0.2, 0.25) is 0 Å². The molecule has 3 unspecified atom stereocenters. The fourth-order valence-corrected chi connectivity index (χ4v) is 2.27. The molecule has 2 aliphatic rings. The monoisotopic (exact) mass is 125 g/mol. The van der Waals surface area contributed by atoms with Crippen molar-refractivity contribution < 1.29 is 5.11 Å². The highest BCUT2D eigenvalue weighted by molar-refractivity contribution is 4.96. The summed E-state index contributed by atoms with van der Waals surface area (Å²) in [5.41, 5.74) is 0. The van der Waals surface area contributed by atoms with E-state index in [0.717, 1.165) is 24.7 Å². The third kappa shape index (κ3) is 0.877. The first kappa shape index (κ1) is 5.72. The Bertz CT molecular complexity index is 99.1. The van der Waals surface area contributed by atoms with Crippen molar-refractivity contribution in [2.24, 2.45) is 11.8 Å². The first-order chi connectivity index (χ1) is 4.36. The number of aliphatic hydroxyl groups excluding tert-OH is 1. The minimum absolute atomic E-state index is 0.0246. The summed E-state index contributed by atoms with van der Waals surface area (Å²) >= 11 is 0. The van der Waals surface area contributed by atoms with Gasteiger partial charge in [0.05, 0.1) is 6.10 Å². The van der Waals surface area contributed by atoms with E-state index in [1.54, 1.807) is 0 Å². The highest BCUT2D eigenvalue weighted by Gasteiger charge is 2.36. The van der Waals surface area contributed by atoms with Crippen LogP contribution in [-0.4, -0.2) is 11.2 Å². The lowest BCUT2D eigenvalue weighted by Gasteiger charge is -2.03. The van der Waals surface area contributed by atoms with E-state index in [9.17, 15) is 5.11 Å². The van der Waals surface area contributed by atoms with Gasteiger partial charge in [-0.05, 0) is 43.9 Å². The van der Waals surface area contributed by atoms with Gasteiger partial charge in [-0.3, -0.25) is 0 Å². The second kappa shape index (κ2) is 1.98. The van der Waals surface area contributed by atoms with E-state index in [2.05, 4.69) is 6.42 Å². The van der Waals surface area contributed by atoms with E-state index < -0.39 is 0 Å². The zero-order chi connectivity index (χ0) is 6.27. The molecule has 1 N–H and O–H groups in total. The maximum Gasteiger partial charge on any atom is 0.0545 e. The van der Waals surface area contributed by atoms with Gasteiger partial charge in [-0.2, -0.15) is 0 Å². The minimum Gasteiger partial charge on any atom is -0.393 e. The van der Waals surface area contributed by atoms with Crippen molar-refractivity contribution in [3.05, 3.63) is 6.42 Å². The average molecular weight is 125 g/mol. The van der Waals surface area contributed by atoms with Gasteiger partial charge in [0.2, 0.25) is 0 Å². The summed E-state index contributed by atoms with van der Waals surface area (Å²) in [6, 6.07) is 0. The summed E-state index contributed by atoms with van der Waals surface area (Å²) < 4.78 is 0. The SMILES string of the molecule is OC1CC2[CH]CCC2C1. The third-order valence-corrected chi connectivity index (χ3v) is 2.73. The molecule has 1 radical (unpaired) electrons. The predicted octanol–water partition coefficient (Wildman–Crippen LogP) is 1.37. The second-order valence-electron chi connectivity index (χ2n) is 3.36. The summed E-state index contributed by atoms with van der Waals surface area (Å²) in [5, 5.41) is 9.22. The van der Waals surface area contributed by atoms with Crippen LogP contribution in [0.25, 0.3) is 0 Å². The molecule has 0 aromatic carbocycles. The smallest absolute Gasteiger partial charge is 0.0545 e. The largest absolute Gasteiger partial charge is 0.393 e. The van der Waals surface area contributed by atoms with E-state index in [4.69, 9.17) is 0 Å². The molecule has 2 saturated carbocycles. The molecule has 9 heavy (non-hydrogen) atoms. The molecule has 2 rings (SSSR count). The van der Waals surface area contributed by atoms with Crippen molar-refractivity contribution in [1.29, 1.82) is 0 Å². The van der Waals surface area contributed by atoms with Gasteiger partial charge in [-0.1, -0.05) is 0 Å². The molecule has 2 aliphatic carbocycles. The summed E-state index contributed by atoms with van der Waals surface area (Å²) in [5.74, 6) is 1.62. The van der Waals surface area contributed by atoms with Gasteiger partial charge in [0.15, 0.2) is 0 Å². The second-order valence-corrected chi connectivity index (χ2v) is 3.36. The van der Waals surface area contributed by atoms with Gasteiger partial charge >= 0.3 is 0 Å².